The molecule has 15 heavy (non-hydrogen) atoms. The lowest BCUT2D eigenvalue weighted by atomic mass is 10.3. The zero-order valence-corrected chi connectivity index (χ0v) is 9.03. The quantitative estimate of drug-likeness (QED) is 0.558. The molecule has 0 saturated carbocycles. The van der Waals surface area contributed by atoms with E-state index in [9.17, 15) is 9.59 Å². The van der Waals surface area contributed by atoms with Gasteiger partial charge in [0.25, 0.3) is 0 Å². The fourth-order valence-electron chi connectivity index (χ4n) is 1.50. The Kier molecular flexibility index (Phi) is 4.51. The SMILES string of the molecule is CN(CC(N)=O)C(=O)CN1CCNCC1. The Labute approximate surface area is 89.4 Å². The number of hydrogen-bond donors (Lipinski definition) is 2. The number of nitrogens with zero attached hydrogens (tertiary/aromatic N) is 2. The first-order valence-corrected chi connectivity index (χ1v) is 5.05. The summed E-state index contributed by atoms with van der Waals surface area (Å²) in [5, 5.41) is 3.21. The van der Waals surface area contributed by atoms with Crippen molar-refractivity contribution >= 4 is 11.8 Å². The van der Waals surface area contributed by atoms with E-state index in [-0.39, 0.29) is 12.5 Å². The van der Waals surface area contributed by atoms with E-state index in [1.807, 2.05) is 0 Å². The molecule has 0 radical (unpaired) electrons. The van der Waals surface area contributed by atoms with Crippen LogP contribution in [0.25, 0.3) is 0 Å². The Morgan fingerprint density at radius 3 is 2.53 bits per heavy atom. The van der Waals surface area contributed by atoms with Crippen LogP contribution in [-0.2, 0) is 9.59 Å². The highest BCUT2D eigenvalue weighted by molar-refractivity contribution is 5.84. The van der Waals surface area contributed by atoms with Gasteiger partial charge in [-0.15, -0.1) is 0 Å². The predicted molar refractivity (Wildman–Crippen MR) is 56.1 cm³/mol. The summed E-state index contributed by atoms with van der Waals surface area (Å²) >= 11 is 0. The van der Waals surface area contributed by atoms with Gasteiger partial charge >= 0.3 is 0 Å². The highest BCUT2D eigenvalue weighted by Gasteiger charge is 2.16. The molecule has 0 unspecified atom stereocenters. The second-order valence-electron chi connectivity index (χ2n) is 3.74. The van der Waals surface area contributed by atoms with E-state index in [0.717, 1.165) is 26.2 Å². The fraction of sp³-hybridized carbons (Fsp3) is 0.778. The summed E-state index contributed by atoms with van der Waals surface area (Å²) in [5.41, 5.74) is 5.01. The monoisotopic (exact) mass is 214 g/mol. The molecule has 1 fully saturated rings. The van der Waals surface area contributed by atoms with Gasteiger partial charge in [-0.1, -0.05) is 0 Å². The van der Waals surface area contributed by atoms with Crippen LogP contribution in [0.1, 0.15) is 0 Å². The van der Waals surface area contributed by atoms with E-state index in [1.165, 1.54) is 4.90 Å². The van der Waals surface area contributed by atoms with Gasteiger partial charge in [-0.2, -0.15) is 0 Å². The zero-order chi connectivity index (χ0) is 11.3. The van der Waals surface area contributed by atoms with Crippen molar-refractivity contribution in [2.75, 3.05) is 46.3 Å². The highest BCUT2D eigenvalue weighted by Crippen LogP contribution is 1.94. The number of primary amides is 1. The minimum Gasteiger partial charge on any atom is -0.368 e. The molecule has 2 amide bonds. The van der Waals surface area contributed by atoms with E-state index in [0.29, 0.717) is 6.54 Å². The number of hydrogen-bond acceptors (Lipinski definition) is 4. The maximum absolute atomic E-state index is 11.6. The second kappa shape index (κ2) is 5.67. The minimum atomic E-state index is -0.480. The Balaban J connectivity index is 2.30. The number of carbonyl (C=O) groups is 2. The van der Waals surface area contributed by atoms with Gasteiger partial charge in [-0.25, -0.2) is 0 Å². The van der Waals surface area contributed by atoms with Gasteiger partial charge in [0, 0.05) is 33.2 Å². The number of likely N-dealkylation sites (N-methyl/N-ethyl adjacent to an activating group) is 1. The lowest BCUT2D eigenvalue weighted by Gasteiger charge is -2.28. The van der Waals surface area contributed by atoms with Crippen molar-refractivity contribution in [1.82, 2.24) is 15.1 Å². The molecule has 1 aliphatic heterocycles. The summed E-state index contributed by atoms with van der Waals surface area (Å²) in [5.74, 6) is -0.540. The number of carbonyl (C=O) groups excluding carboxylic acids is 2. The number of rotatable bonds is 4. The third-order valence-electron chi connectivity index (χ3n) is 2.39. The van der Waals surface area contributed by atoms with Gasteiger partial charge in [-0.3, -0.25) is 14.5 Å². The predicted octanol–water partition coefficient (Wildman–Crippen LogP) is -2.16. The van der Waals surface area contributed by atoms with Gasteiger partial charge in [0.2, 0.25) is 11.8 Å². The molecule has 1 aliphatic rings. The fourth-order valence-corrected chi connectivity index (χ4v) is 1.50. The van der Waals surface area contributed by atoms with Crippen LogP contribution < -0.4 is 11.1 Å². The molecule has 6 nitrogen and oxygen atoms in total. The first-order chi connectivity index (χ1) is 7.09. The molecule has 0 aromatic carbocycles. The molecule has 0 bridgehead atoms. The van der Waals surface area contributed by atoms with Gasteiger partial charge in [0.1, 0.15) is 0 Å². The minimum absolute atomic E-state index is 0.00900. The van der Waals surface area contributed by atoms with Crippen LogP contribution in [-0.4, -0.2) is 67.9 Å². The molecule has 1 heterocycles. The van der Waals surface area contributed by atoms with Gasteiger partial charge in [0.05, 0.1) is 13.1 Å². The maximum atomic E-state index is 11.6. The molecular formula is C9H18N4O2. The highest BCUT2D eigenvalue weighted by atomic mass is 16.2. The van der Waals surface area contributed by atoms with Crippen LogP contribution in [0.5, 0.6) is 0 Å². The molecule has 0 aliphatic carbocycles. The summed E-state index contributed by atoms with van der Waals surface area (Å²) in [6, 6.07) is 0. The van der Waals surface area contributed by atoms with Crippen molar-refractivity contribution in [3.8, 4) is 0 Å². The normalized spacial score (nSPS) is 17.4. The Bertz CT molecular complexity index is 238. The smallest absolute Gasteiger partial charge is 0.237 e. The molecular weight excluding hydrogens is 196 g/mol. The summed E-state index contributed by atoms with van der Waals surface area (Å²) < 4.78 is 0. The molecule has 0 aromatic rings. The lowest BCUT2D eigenvalue weighted by Crippen LogP contribution is -2.48. The van der Waals surface area contributed by atoms with E-state index in [1.54, 1.807) is 7.05 Å². The number of nitrogens with one attached hydrogen (secondary N) is 1. The Morgan fingerprint density at radius 2 is 2.00 bits per heavy atom. The van der Waals surface area contributed by atoms with Crippen LogP contribution in [0.15, 0.2) is 0 Å². The summed E-state index contributed by atoms with van der Waals surface area (Å²) in [7, 11) is 1.59. The summed E-state index contributed by atoms with van der Waals surface area (Å²) in [6.07, 6.45) is 0. The molecule has 1 saturated heterocycles. The van der Waals surface area contributed by atoms with Crippen molar-refractivity contribution in [2.45, 2.75) is 0 Å². The van der Waals surface area contributed by atoms with E-state index in [4.69, 9.17) is 5.73 Å². The van der Waals surface area contributed by atoms with Crippen molar-refractivity contribution in [2.24, 2.45) is 5.73 Å². The Morgan fingerprint density at radius 1 is 1.40 bits per heavy atom. The molecule has 1 rings (SSSR count). The topological polar surface area (TPSA) is 78.7 Å². The van der Waals surface area contributed by atoms with E-state index >= 15 is 0 Å². The van der Waals surface area contributed by atoms with Crippen LogP contribution >= 0.6 is 0 Å². The van der Waals surface area contributed by atoms with Crippen LogP contribution in [0, 0.1) is 0 Å². The third kappa shape index (κ3) is 4.26. The van der Waals surface area contributed by atoms with Crippen LogP contribution in [0.3, 0.4) is 0 Å². The average molecular weight is 214 g/mol. The number of amides is 2. The number of piperazine rings is 1. The van der Waals surface area contributed by atoms with Gasteiger partial charge in [-0.05, 0) is 0 Å². The number of nitrogens with two attached hydrogens (primary N) is 1. The first kappa shape index (κ1) is 11.9. The van der Waals surface area contributed by atoms with Gasteiger partial charge in [0.15, 0.2) is 0 Å². The van der Waals surface area contributed by atoms with Crippen molar-refractivity contribution in [3.63, 3.8) is 0 Å². The molecule has 0 atom stereocenters. The standard InChI is InChI=1S/C9H18N4O2/c1-12(6-8(10)14)9(15)7-13-4-2-11-3-5-13/h11H,2-7H2,1H3,(H2,10,14). The van der Waals surface area contributed by atoms with Crippen molar-refractivity contribution in [3.05, 3.63) is 0 Å². The largest absolute Gasteiger partial charge is 0.368 e. The molecule has 3 N–H and O–H groups in total. The van der Waals surface area contributed by atoms with Crippen molar-refractivity contribution in [1.29, 1.82) is 0 Å². The molecule has 86 valence electrons. The van der Waals surface area contributed by atoms with Crippen molar-refractivity contribution < 1.29 is 9.59 Å². The van der Waals surface area contributed by atoms with E-state index < -0.39 is 5.91 Å². The van der Waals surface area contributed by atoms with Crippen LogP contribution in [0.2, 0.25) is 0 Å². The average Bonchev–Trinajstić information content (AvgIpc) is 2.18. The van der Waals surface area contributed by atoms with Crippen LogP contribution in [0.4, 0.5) is 0 Å². The summed E-state index contributed by atoms with van der Waals surface area (Å²) in [4.78, 5) is 25.6. The first-order valence-electron chi connectivity index (χ1n) is 5.05. The van der Waals surface area contributed by atoms with Gasteiger partial charge < -0.3 is 16.0 Å². The molecule has 0 aromatic heterocycles. The third-order valence-corrected chi connectivity index (χ3v) is 2.39. The summed E-state index contributed by atoms with van der Waals surface area (Å²) in [6.45, 7) is 3.92. The van der Waals surface area contributed by atoms with E-state index in [2.05, 4.69) is 10.2 Å². The molecule has 6 heteroatoms. The molecule has 0 spiro atoms. The lowest BCUT2D eigenvalue weighted by molar-refractivity contribution is -0.134. The second-order valence-corrected chi connectivity index (χ2v) is 3.74. The Hall–Kier alpha value is -1.14. The maximum Gasteiger partial charge on any atom is 0.237 e. The zero-order valence-electron chi connectivity index (χ0n) is 9.03.